The Morgan fingerprint density at radius 2 is 2.62 bits per heavy atom. The number of amides is 1. The van der Waals surface area contributed by atoms with Gasteiger partial charge in [0.25, 0.3) is 0 Å². The lowest BCUT2D eigenvalue weighted by Gasteiger charge is -2.33. The summed E-state index contributed by atoms with van der Waals surface area (Å²) < 4.78 is 5.41. The lowest BCUT2D eigenvalue weighted by atomic mass is 10.2. The second-order valence-corrected chi connectivity index (χ2v) is 4.54. The molecular weight excluding hydrogens is 224 g/mol. The minimum absolute atomic E-state index is 0.0545. The first-order valence-corrected chi connectivity index (χ1v) is 6.03. The van der Waals surface area contributed by atoms with Gasteiger partial charge in [0, 0.05) is 17.6 Å². The van der Waals surface area contributed by atoms with E-state index in [4.69, 9.17) is 4.74 Å². The molecule has 0 aromatic carbocycles. The van der Waals surface area contributed by atoms with E-state index in [9.17, 15) is 4.79 Å². The standard InChI is InChI=1S/C11H14N2O2S/c1-3-10(14)13-4-5-15-6-9(13)11-12-8(2)7-16-11/h3,7,9H,1,4-6H2,2H3. The van der Waals surface area contributed by atoms with Crippen molar-refractivity contribution < 1.29 is 9.53 Å². The number of thiazole rings is 1. The zero-order chi connectivity index (χ0) is 11.5. The maximum Gasteiger partial charge on any atom is 0.246 e. The fourth-order valence-electron chi connectivity index (χ4n) is 1.71. The van der Waals surface area contributed by atoms with Crippen LogP contribution in [0.25, 0.3) is 0 Å². The minimum Gasteiger partial charge on any atom is -0.377 e. The van der Waals surface area contributed by atoms with Crippen LogP contribution in [0.5, 0.6) is 0 Å². The van der Waals surface area contributed by atoms with E-state index in [1.807, 2.05) is 12.3 Å². The summed E-state index contributed by atoms with van der Waals surface area (Å²) in [5, 5.41) is 2.92. The van der Waals surface area contributed by atoms with Gasteiger partial charge in [-0.25, -0.2) is 4.98 Å². The molecule has 0 bridgehead atoms. The molecule has 1 amide bonds. The quantitative estimate of drug-likeness (QED) is 0.734. The molecule has 4 nitrogen and oxygen atoms in total. The maximum atomic E-state index is 11.7. The van der Waals surface area contributed by atoms with Gasteiger partial charge in [0.15, 0.2) is 0 Å². The molecule has 2 rings (SSSR count). The SMILES string of the molecule is C=CC(=O)N1CCOCC1c1nc(C)cs1. The van der Waals surface area contributed by atoms with Crippen LogP contribution in [-0.4, -0.2) is 35.5 Å². The summed E-state index contributed by atoms with van der Waals surface area (Å²) in [6.45, 7) is 7.18. The lowest BCUT2D eigenvalue weighted by molar-refractivity contribution is -0.134. The fraction of sp³-hybridized carbons (Fsp3) is 0.455. The van der Waals surface area contributed by atoms with Crippen LogP contribution in [0, 0.1) is 6.92 Å². The van der Waals surface area contributed by atoms with E-state index in [-0.39, 0.29) is 11.9 Å². The second-order valence-electron chi connectivity index (χ2n) is 3.65. The Labute approximate surface area is 98.6 Å². The van der Waals surface area contributed by atoms with Gasteiger partial charge in [-0.05, 0) is 13.0 Å². The molecule has 1 aromatic heterocycles. The molecule has 5 heteroatoms. The van der Waals surface area contributed by atoms with Crippen LogP contribution in [0.3, 0.4) is 0 Å². The summed E-state index contributed by atoms with van der Waals surface area (Å²) >= 11 is 1.57. The summed E-state index contributed by atoms with van der Waals surface area (Å²) in [4.78, 5) is 17.9. The molecule has 1 unspecified atom stereocenters. The topological polar surface area (TPSA) is 42.4 Å². The molecule has 0 N–H and O–H groups in total. The second kappa shape index (κ2) is 4.76. The van der Waals surface area contributed by atoms with Crippen molar-refractivity contribution in [1.82, 2.24) is 9.88 Å². The molecule has 1 fully saturated rings. The molecule has 1 aromatic rings. The molecule has 2 heterocycles. The maximum absolute atomic E-state index is 11.7. The summed E-state index contributed by atoms with van der Waals surface area (Å²) in [5.74, 6) is -0.0545. The predicted octanol–water partition coefficient (Wildman–Crippen LogP) is 1.54. The van der Waals surface area contributed by atoms with Crippen molar-refractivity contribution >= 4 is 17.2 Å². The average Bonchev–Trinajstić information content (AvgIpc) is 2.75. The third-order valence-electron chi connectivity index (χ3n) is 2.51. The van der Waals surface area contributed by atoms with Crippen LogP contribution in [0.15, 0.2) is 18.0 Å². The molecule has 0 spiro atoms. The summed E-state index contributed by atoms with van der Waals surface area (Å²) in [6.07, 6.45) is 1.35. The third-order valence-corrected chi connectivity index (χ3v) is 3.57. The van der Waals surface area contributed by atoms with E-state index >= 15 is 0 Å². The van der Waals surface area contributed by atoms with Crippen molar-refractivity contribution in [3.8, 4) is 0 Å². The van der Waals surface area contributed by atoms with E-state index < -0.39 is 0 Å². The molecule has 16 heavy (non-hydrogen) atoms. The lowest BCUT2D eigenvalue weighted by Crippen LogP contribution is -2.42. The number of aryl methyl sites for hydroxylation is 1. The number of aromatic nitrogens is 1. The molecule has 1 saturated heterocycles. The van der Waals surface area contributed by atoms with E-state index in [0.717, 1.165) is 10.7 Å². The van der Waals surface area contributed by atoms with E-state index in [2.05, 4.69) is 11.6 Å². The smallest absolute Gasteiger partial charge is 0.246 e. The number of carbonyl (C=O) groups is 1. The van der Waals surface area contributed by atoms with Gasteiger partial charge in [-0.1, -0.05) is 6.58 Å². The van der Waals surface area contributed by atoms with Crippen LogP contribution in [0.4, 0.5) is 0 Å². The van der Waals surface area contributed by atoms with Gasteiger partial charge >= 0.3 is 0 Å². The number of ether oxygens (including phenoxy) is 1. The van der Waals surface area contributed by atoms with Gasteiger partial charge in [0.1, 0.15) is 11.0 Å². The first-order valence-electron chi connectivity index (χ1n) is 5.15. The van der Waals surface area contributed by atoms with Gasteiger partial charge in [-0.15, -0.1) is 11.3 Å². The van der Waals surface area contributed by atoms with E-state index in [0.29, 0.717) is 19.8 Å². The van der Waals surface area contributed by atoms with Crippen molar-refractivity contribution in [1.29, 1.82) is 0 Å². The van der Waals surface area contributed by atoms with Crippen molar-refractivity contribution in [3.05, 3.63) is 28.7 Å². The Balaban J connectivity index is 2.22. The monoisotopic (exact) mass is 238 g/mol. The molecule has 1 aliphatic heterocycles. The minimum atomic E-state index is -0.0575. The number of hydrogen-bond donors (Lipinski definition) is 0. The van der Waals surface area contributed by atoms with E-state index in [1.54, 1.807) is 16.2 Å². The highest BCUT2D eigenvalue weighted by Crippen LogP contribution is 2.26. The Morgan fingerprint density at radius 3 is 3.25 bits per heavy atom. The highest BCUT2D eigenvalue weighted by Gasteiger charge is 2.29. The highest BCUT2D eigenvalue weighted by molar-refractivity contribution is 7.09. The number of carbonyl (C=O) groups excluding carboxylic acids is 1. The van der Waals surface area contributed by atoms with Crippen molar-refractivity contribution in [2.45, 2.75) is 13.0 Å². The normalized spacial score (nSPS) is 20.8. The van der Waals surface area contributed by atoms with Gasteiger partial charge < -0.3 is 9.64 Å². The first kappa shape index (κ1) is 11.3. The average molecular weight is 238 g/mol. The van der Waals surface area contributed by atoms with Crippen LogP contribution < -0.4 is 0 Å². The Morgan fingerprint density at radius 1 is 1.81 bits per heavy atom. The molecule has 1 atom stereocenters. The molecule has 1 aliphatic rings. The van der Waals surface area contributed by atoms with Crippen LogP contribution in [0.2, 0.25) is 0 Å². The molecule has 86 valence electrons. The predicted molar refractivity (Wildman–Crippen MR) is 62.3 cm³/mol. The first-order chi connectivity index (χ1) is 7.72. The zero-order valence-corrected chi connectivity index (χ0v) is 10.00. The molecule has 0 aliphatic carbocycles. The van der Waals surface area contributed by atoms with Crippen LogP contribution in [-0.2, 0) is 9.53 Å². The third kappa shape index (κ3) is 2.15. The van der Waals surface area contributed by atoms with Gasteiger partial charge in [-0.2, -0.15) is 0 Å². The van der Waals surface area contributed by atoms with Crippen molar-refractivity contribution in [3.63, 3.8) is 0 Å². The van der Waals surface area contributed by atoms with Gasteiger partial charge in [0.05, 0.1) is 13.2 Å². The summed E-state index contributed by atoms with van der Waals surface area (Å²) in [6, 6.07) is -0.0575. The van der Waals surface area contributed by atoms with Gasteiger partial charge in [-0.3, -0.25) is 4.79 Å². The number of morpholine rings is 1. The zero-order valence-electron chi connectivity index (χ0n) is 9.18. The van der Waals surface area contributed by atoms with E-state index in [1.165, 1.54) is 6.08 Å². The fourth-order valence-corrected chi connectivity index (χ4v) is 2.61. The number of rotatable bonds is 2. The van der Waals surface area contributed by atoms with Crippen LogP contribution in [0.1, 0.15) is 16.7 Å². The number of hydrogen-bond acceptors (Lipinski definition) is 4. The highest BCUT2D eigenvalue weighted by atomic mass is 32.1. The van der Waals surface area contributed by atoms with Crippen molar-refractivity contribution in [2.24, 2.45) is 0 Å². The summed E-state index contributed by atoms with van der Waals surface area (Å²) in [7, 11) is 0. The molecule has 0 radical (unpaired) electrons. The van der Waals surface area contributed by atoms with Crippen LogP contribution >= 0.6 is 11.3 Å². The Kier molecular flexibility index (Phi) is 3.36. The molecular formula is C11H14N2O2S. The number of nitrogens with zero attached hydrogens (tertiary/aromatic N) is 2. The summed E-state index contributed by atoms with van der Waals surface area (Å²) in [5.41, 5.74) is 0.983. The largest absolute Gasteiger partial charge is 0.377 e. The molecule has 0 saturated carbocycles. The van der Waals surface area contributed by atoms with Gasteiger partial charge in [0.2, 0.25) is 5.91 Å². The Bertz CT molecular complexity index is 402. The Hall–Kier alpha value is -1.20. The van der Waals surface area contributed by atoms with Crippen molar-refractivity contribution in [2.75, 3.05) is 19.8 Å².